The van der Waals surface area contributed by atoms with E-state index in [4.69, 9.17) is 10.5 Å². The van der Waals surface area contributed by atoms with Gasteiger partial charge in [0.05, 0.1) is 17.3 Å². The second kappa shape index (κ2) is 3.24. The predicted molar refractivity (Wildman–Crippen MR) is 40.0 cm³/mol. The number of hydrogen-bond acceptors (Lipinski definition) is 2. The summed E-state index contributed by atoms with van der Waals surface area (Å²) in [7, 11) is 0. The lowest BCUT2D eigenvalue weighted by Crippen LogP contribution is -1.78. The summed E-state index contributed by atoms with van der Waals surface area (Å²) in [4.78, 5) is 2.83. The fraction of sp³-hybridized carbons (Fsp3) is 0. The Balaban J connectivity index is 3.03. The molecular weight excluding hydrogens is 138 g/mol. The summed E-state index contributed by atoms with van der Waals surface area (Å²) in [5.41, 5.74) is 1.03. The lowest BCUT2D eigenvalue weighted by atomic mass is 10.2. The highest BCUT2D eigenvalue weighted by Crippen LogP contribution is 2.08. The van der Waals surface area contributed by atoms with Gasteiger partial charge < -0.3 is 4.98 Å². The van der Waals surface area contributed by atoms with E-state index in [0.717, 1.165) is 0 Å². The molecule has 11 heavy (non-hydrogen) atoms. The van der Waals surface area contributed by atoms with Gasteiger partial charge in [0.2, 0.25) is 0 Å². The van der Waals surface area contributed by atoms with E-state index < -0.39 is 0 Å². The van der Waals surface area contributed by atoms with Crippen molar-refractivity contribution in [3.05, 3.63) is 30.1 Å². The maximum Gasteiger partial charge on any atom is 0.102 e. The van der Waals surface area contributed by atoms with Crippen LogP contribution >= 0.6 is 0 Å². The first-order valence-corrected chi connectivity index (χ1v) is 3.02. The topological polar surface area (TPSA) is 63.4 Å². The Bertz CT molecular complexity index is 332. The second-order valence-electron chi connectivity index (χ2n) is 1.88. The highest BCUT2D eigenvalue weighted by atomic mass is 14.7. The molecule has 0 aromatic carbocycles. The molecule has 0 saturated heterocycles. The number of allylic oxidation sites excluding steroid dienone is 2. The van der Waals surface area contributed by atoms with Crippen LogP contribution in [0.5, 0.6) is 0 Å². The maximum absolute atomic E-state index is 8.54. The lowest BCUT2D eigenvalue weighted by Gasteiger charge is -1.87. The summed E-state index contributed by atoms with van der Waals surface area (Å²) in [6.45, 7) is 0. The Labute approximate surface area is 64.2 Å². The van der Waals surface area contributed by atoms with Crippen molar-refractivity contribution in [3.8, 4) is 12.1 Å². The van der Waals surface area contributed by atoms with E-state index in [0.29, 0.717) is 11.3 Å². The molecule has 0 saturated carbocycles. The van der Waals surface area contributed by atoms with Gasteiger partial charge in [-0.2, -0.15) is 10.5 Å². The molecular formula is C8H5N3. The van der Waals surface area contributed by atoms with Crippen LogP contribution in [0, 0.1) is 22.7 Å². The minimum Gasteiger partial charge on any atom is -0.361 e. The first kappa shape index (κ1) is 7.11. The Morgan fingerprint density at radius 1 is 1.55 bits per heavy atom. The van der Waals surface area contributed by atoms with E-state index in [1.165, 1.54) is 6.08 Å². The third kappa shape index (κ3) is 1.47. The SMILES string of the molecule is N#CC=C(C#N)c1ccc[nH]1. The summed E-state index contributed by atoms with van der Waals surface area (Å²) in [5.74, 6) is 0. The molecule has 3 nitrogen and oxygen atoms in total. The molecule has 0 radical (unpaired) electrons. The van der Waals surface area contributed by atoms with E-state index in [2.05, 4.69) is 4.98 Å². The number of aromatic nitrogens is 1. The van der Waals surface area contributed by atoms with E-state index in [1.807, 2.05) is 6.07 Å². The highest BCUT2D eigenvalue weighted by Gasteiger charge is 1.98. The van der Waals surface area contributed by atoms with Crippen molar-refractivity contribution >= 4 is 5.57 Å². The van der Waals surface area contributed by atoms with Gasteiger partial charge in [-0.25, -0.2) is 0 Å². The monoisotopic (exact) mass is 143 g/mol. The summed E-state index contributed by atoms with van der Waals surface area (Å²) >= 11 is 0. The van der Waals surface area contributed by atoms with Gasteiger partial charge in [-0.3, -0.25) is 0 Å². The van der Waals surface area contributed by atoms with Gasteiger partial charge in [0, 0.05) is 12.3 Å². The molecule has 52 valence electrons. The molecule has 0 unspecified atom stereocenters. The predicted octanol–water partition coefficient (Wildman–Crippen LogP) is 1.45. The molecule has 3 heteroatoms. The van der Waals surface area contributed by atoms with Crippen molar-refractivity contribution in [2.75, 3.05) is 0 Å². The Hall–Kier alpha value is -2.00. The van der Waals surface area contributed by atoms with Crippen LogP contribution in [0.4, 0.5) is 0 Å². The van der Waals surface area contributed by atoms with E-state index in [1.54, 1.807) is 24.4 Å². The summed E-state index contributed by atoms with van der Waals surface area (Å²) in [6, 6.07) is 7.23. The van der Waals surface area contributed by atoms with Crippen molar-refractivity contribution in [2.45, 2.75) is 0 Å². The molecule has 1 aromatic rings. The third-order valence-electron chi connectivity index (χ3n) is 1.22. The van der Waals surface area contributed by atoms with Crippen molar-refractivity contribution in [2.24, 2.45) is 0 Å². The summed E-state index contributed by atoms with van der Waals surface area (Å²) in [6.07, 6.45) is 2.92. The molecule has 0 aliphatic heterocycles. The second-order valence-corrected chi connectivity index (χ2v) is 1.88. The van der Waals surface area contributed by atoms with Crippen molar-refractivity contribution in [1.82, 2.24) is 4.98 Å². The molecule has 0 bridgehead atoms. The van der Waals surface area contributed by atoms with E-state index in [9.17, 15) is 0 Å². The number of nitrogens with one attached hydrogen (secondary N) is 1. The van der Waals surface area contributed by atoms with Crippen LogP contribution in [0.2, 0.25) is 0 Å². The lowest BCUT2D eigenvalue weighted by molar-refractivity contribution is 1.35. The summed E-state index contributed by atoms with van der Waals surface area (Å²) < 4.78 is 0. The molecule has 1 rings (SSSR count). The average molecular weight is 143 g/mol. The number of H-pyrrole nitrogens is 1. The van der Waals surface area contributed by atoms with E-state index in [-0.39, 0.29) is 0 Å². The quantitative estimate of drug-likeness (QED) is 0.604. The van der Waals surface area contributed by atoms with Crippen LogP contribution in [0.25, 0.3) is 5.57 Å². The maximum atomic E-state index is 8.54. The number of rotatable bonds is 1. The molecule has 1 aromatic heterocycles. The zero-order valence-corrected chi connectivity index (χ0v) is 5.70. The standard InChI is InChI=1S/C8H5N3/c9-4-3-7(6-10)8-2-1-5-11-8/h1-3,5,11H. The molecule has 0 atom stereocenters. The molecule has 0 amide bonds. The normalized spacial score (nSPS) is 10.2. The highest BCUT2D eigenvalue weighted by molar-refractivity contribution is 5.76. The van der Waals surface area contributed by atoms with Crippen LogP contribution in [-0.2, 0) is 0 Å². The number of nitrogens with zero attached hydrogens (tertiary/aromatic N) is 2. The molecule has 0 spiro atoms. The van der Waals surface area contributed by atoms with E-state index >= 15 is 0 Å². The fourth-order valence-electron chi connectivity index (χ4n) is 0.733. The molecule has 0 fully saturated rings. The van der Waals surface area contributed by atoms with Crippen LogP contribution < -0.4 is 0 Å². The zero-order valence-electron chi connectivity index (χ0n) is 5.70. The van der Waals surface area contributed by atoms with Crippen molar-refractivity contribution < 1.29 is 0 Å². The first-order valence-electron chi connectivity index (χ1n) is 3.02. The Kier molecular flexibility index (Phi) is 2.09. The minimum absolute atomic E-state index is 0.359. The zero-order chi connectivity index (χ0) is 8.10. The molecule has 0 aliphatic rings. The van der Waals surface area contributed by atoms with Gasteiger partial charge in [0.15, 0.2) is 0 Å². The molecule has 1 N–H and O–H groups in total. The van der Waals surface area contributed by atoms with Crippen LogP contribution in [0.15, 0.2) is 24.4 Å². The third-order valence-corrected chi connectivity index (χ3v) is 1.22. The van der Waals surface area contributed by atoms with Crippen LogP contribution in [0.3, 0.4) is 0 Å². The number of aromatic amines is 1. The smallest absolute Gasteiger partial charge is 0.102 e. The van der Waals surface area contributed by atoms with Gasteiger partial charge in [-0.05, 0) is 12.1 Å². The van der Waals surface area contributed by atoms with Gasteiger partial charge in [0.1, 0.15) is 6.07 Å². The number of nitriles is 2. The Morgan fingerprint density at radius 3 is 2.82 bits per heavy atom. The first-order chi connectivity index (χ1) is 5.38. The number of hydrogen-bond donors (Lipinski definition) is 1. The minimum atomic E-state index is 0.359. The molecule has 1 heterocycles. The largest absolute Gasteiger partial charge is 0.361 e. The van der Waals surface area contributed by atoms with Gasteiger partial charge in [-0.15, -0.1) is 0 Å². The van der Waals surface area contributed by atoms with Gasteiger partial charge >= 0.3 is 0 Å². The Morgan fingerprint density at radius 2 is 2.36 bits per heavy atom. The van der Waals surface area contributed by atoms with Crippen molar-refractivity contribution in [3.63, 3.8) is 0 Å². The summed E-state index contributed by atoms with van der Waals surface area (Å²) in [5, 5.41) is 16.8. The fourth-order valence-corrected chi connectivity index (χ4v) is 0.733. The van der Waals surface area contributed by atoms with Crippen LogP contribution in [-0.4, -0.2) is 4.98 Å². The van der Waals surface area contributed by atoms with Gasteiger partial charge in [-0.1, -0.05) is 0 Å². The van der Waals surface area contributed by atoms with Crippen LogP contribution in [0.1, 0.15) is 5.69 Å². The molecule has 0 aliphatic carbocycles. The van der Waals surface area contributed by atoms with Gasteiger partial charge in [0.25, 0.3) is 0 Å². The van der Waals surface area contributed by atoms with Crippen molar-refractivity contribution in [1.29, 1.82) is 10.5 Å². The average Bonchev–Trinajstić information content (AvgIpc) is 2.52.